The summed E-state index contributed by atoms with van der Waals surface area (Å²) in [5.41, 5.74) is -1.69. The van der Waals surface area contributed by atoms with Crippen LogP contribution in [0.15, 0.2) is 0 Å². The summed E-state index contributed by atoms with van der Waals surface area (Å²) >= 11 is 0. The maximum absolute atomic E-state index is 11.5. The van der Waals surface area contributed by atoms with Gasteiger partial charge in [-0.05, 0) is 0 Å². The molecule has 0 aromatic carbocycles. The van der Waals surface area contributed by atoms with Crippen LogP contribution in [-0.4, -0.2) is 56.1 Å². The Hall–Kier alpha value is -0.530. The van der Waals surface area contributed by atoms with Gasteiger partial charge in [0, 0.05) is 28.4 Å². The lowest BCUT2D eigenvalue weighted by Crippen LogP contribution is -2.75. The van der Waals surface area contributed by atoms with Crippen molar-refractivity contribution in [3.8, 4) is 0 Å². The van der Waals surface area contributed by atoms with Crippen LogP contribution >= 0.6 is 16.9 Å². The quantitative estimate of drug-likeness (QED) is 0.453. The van der Waals surface area contributed by atoms with Crippen LogP contribution in [0.1, 0.15) is 0 Å². The van der Waals surface area contributed by atoms with Crippen LogP contribution in [0.25, 0.3) is 0 Å². The summed E-state index contributed by atoms with van der Waals surface area (Å²) in [5.74, 6) is -1.74. The maximum atomic E-state index is 11.5. The number of ether oxygens (including phenoxy) is 4. The van der Waals surface area contributed by atoms with Crippen LogP contribution in [0.2, 0.25) is 0 Å². The van der Waals surface area contributed by atoms with Gasteiger partial charge in [-0.3, -0.25) is 9.13 Å². The number of rotatable bonds is 9. The van der Waals surface area contributed by atoms with E-state index in [4.69, 9.17) is 24.7 Å². The predicted molar refractivity (Wildman–Crippen MR) is 63.3 cm³/mol. The lowest BCUT2D eigenvalue weighted by Gasteiger charge is -2.45. The Labute approximate surface area is 112 Å². The minimum atomic E-state index is -2.69. The molecule has 0 atom stereocenters. The zero-order chi connectivity index (χ0) is 15.3. The molecule has 110 valence electrons. The van der Waals surface area contributed by atoms with E-state index in [-0.39, 0.29) is 0 Å². The highest BCUT2D eigenvalue weighted by Gasteiger charge is 2.72. The standard InChI is InChI=1S/C8H15NO8P2/c1-14-7(15-2,18-12)6(9,5(10)11)8(16-3,17-4)19-13/h9H2,1-4H3,(H,10,11). The van der Waals surface area contributed by atoms with Gasteiger partial charge in [-0.1, -0.05) is 0 Å². The number of hydrogen-bond acceptors (Lipinski definition) is 8. The first kappa shape index (κ1) is 18.5. The van der Waals surface area contributed by atoms with Crippen molar-refractivity contribution < 1.29 is 38.0 Å². The molecule has 0 saturated carbocycles. The molecule has 0 aliphatic carbocycles. The fourth-order valence-corrected chi connectivity index (χ4v) is 2.73. The van der Waals surface area contributed by atoms with Crippen LogP contribution in [0.5, 0.6) is 0 Å². The SMILES string of the molecule is COC(OC)(P=O)C(N)(C(=O)O)C(OC)(OC)P=O. The summed E-state index contributed by atoms with van der Waals surface area (Å²) in [6, 6.07) is 0. The van der Waals surface area contributed by atoms with Gasteiger partial charge in [-0.25, -0.2) is 4.79 Å². The molecule has 11 heteroatoms. The average molecular weight is 315 g/mol. The molecular formula is C8H15NO8P2. The van der Waals surface area contributed by atoms with E-state index in [1.54, 1.807) is 0 Å². The van der Waals surface area contributed by atoms with Crippen LogP contribution in [0, 0.1) is 0 Å². The topological polar surface area (TPSA) is 134 Å². The molecule has 0 bridgehead atoms. The second kappa shape index (κ2) is 6.76. The van der Waals surface area contributed by atoms with E-state index >= 15 is 0 Å². The highest BCUT2D eigenvalue weighted by Crippen LogP contribution is 2.48. The van der Waals surface area contributed by atoms with Gasteiger partial charge in [-0.15, -0.1) is 0 Å². The summed E-state index contributed by atoms with van der Waals surface area (Å²) in [4.78, 5) is 11.5. The molecule has 0 fully saturated rings. The molecule has 0 rings (SSSR count). The van der Waals surface area contributed by atoms with E-state index in [1.165, 1.54) is 0 Å². The van der Waals surface area contributed by atoms with Gasteiger partial charge in [0.1, 0.15) is 0 Å². The molecule has 3 N–H and O–H groups in total. The molecular weight excluding hydrogens is 300 g/mol. The molecule has 0 radical (unpaired) electrons. The van der Waals surface area contributed by atoms with Gasteiger partial charge in [0.2, 0.25) is 22.5 Å². The number of nitrogens with two attached hydrogens (primary N) is 1. The number of methoxy groups -OCH3 is 4. The number of carbonyl (C=O) groups is 1. The Morgan fingerprint density at radius 2 is 1.21 bits per heavy atom. The Balaban J connectivity index is 6.35. The van der Waals surface area contributed by atoms with Crippen molar-refractivity contribution in [2.24, 2.45) is 5.73 Å². The number of aliphatic carboxylic acids is 1. The lowest BCUT2D eigenvalue weighted by molar-refractivity contribution is -0.270. The predicted octanol–water partition coefficient (Wildman–Crippen LogP) is 0.245. The molecule has 0 aromatic heterocycles. The zero-order valence-electron chi connectivity index (χ0n) is 10.8. The van der Waals surface area contributed by atoms with Crippen molar-refractivity contribution in [1.82, 2.24) is 0 Å². The second-order valence-corrected chi connectivity index (χ2v) is 4.82. The van der Waals surface area contributed by atoms with Crippen LogP contribution in [-0.2, 0) is 32.9 Å². The van der Waals surface area contributed by atoms with Crippen molar-refractivity contribution in [1.29, 1.82) is 0 Å². The summed E-state index contributed by atoms with van der Waals surface area (Å²) in [6.07, 6.45) is 0. The maximum Gasteiger partial charge on any atom is 0.337 e. The summed E-state index contributed by atoms with van der Waals surface area (Å²) in [7, 11) is 2.26. The highest BCUT2D eigenvalue weighted by atomic mass is 31.1. The van der Waals surface area contributed by atoms with E-state index < -0.39 is 39.5 Å². The van der Waals surface area contributed by atoms with Crippen LogP contribution in [0.3, 0.4) is 0 Å². The average Bonchev–Trinajstić information content (AvgIpc) is 2.43. The molecule has 0 saturated heterocycles. The molecule has 9 nitrogen and oxygen atoms in total. The Morgan fingerprint density at radius 1 is 0.947 bits per heavy atom. The Morgan fingerprint density at radius 3 is 1.32 bits per heavy atom. The molecule has 0 amide bonds. The third-order valence-corrected chi connectivity index (χ3v) is 4.60. The third-order valence-electron chi connectivity index (χ3n) is 2.68. The Bertz CT molecular complexity index is 331. The summed E-state index contributed by atoms with van der Waals surface area (Å²) in [5, 5.41) is 9.36. The summed E-state index contributed by atoms with van der Waals surface area (Å²) < 4.78 is 41.9. The van der Waals surface area contributed by atoms with Crippen LogP contribution in [0.4, 0.5) is 0 Å². The second-order valence-electron chi connectivity index (χ2n) is 3.28. The molecule has 0 spiro atoms. The molecule has 19 heavy (non-hydrogen) atoms. The van der Waals surface area contributed by atoms with Gasteiger partial charge < -0.3 is 29.8 Å². The monoisotopic (exact) mass is 315 g/mol. The fourth-order valence-electron chi connectivity index (χ4n) is 1.57. The van der Waals surface area contributed by atoms with E-state index in [0.29, 0.717) is 0 Å². The zero-order valence-corrected chi connectivity index (χ0v) is 12.6. The normalized spacial score (nSPS) is 16.5. The lowest BCUT2D eigenvalue weighted by atomic mass is 9.98. The molecule has 0 aliphatic rings. The van der Waals surface area contributed by atoms with Crippen molar-refractivity contribution in [3.63, 3.8) is 0 Å². The smallest absolute Gasteiger partial charge is 0.337 e. The van der Waals surface area contributed by atoms with E-state index in [2.05, 4.69) is 0 Å². The molecule has 0 aliphatic heterocycles. The van der Waals surface area contributed by atoms with E-state index in [1.807, 2.05) is 0 Å². The fraction of sp³-hybridized carbons (Fsp3) is 0.875. The summed E-state index contributed by atoms with van der Waals surface area (Å²) in [6.45, 7) is 0. The van der Waals surface area contributed by atoms with Crippen molar-refractivity contribution in [2.45, 2.75) is 16.6 Å². The molecule has 0 heterocycles. The number of carboxylic acids is 1. The van der Waals surface area contributed by atoms with E-state index in [0.717, 1.165) is 28.4 Å². The van der Waals surface area contributed by atoms with Gasteiger partial charge >= 0.3 is 5.97 Å². The van der Waals surface area contributed by atoms with E-state index in [9.17, 15) is 19.0 Å². The van der Waals surface area contributed by atoms with Crippen LogP contribution < -0.4 is 5.73 Å². The van der Waals surface area contributed by atoms with Gasteiger partial charge in [0.25, 0.3) is 11.1 Å². The first-order valence-electron chi connectivity index (χ1n) is 4.73. The van der Waals surface area contributed by atoms with Crippen molar-refractivity contribution >= 4 is 22.9 Å². The minimum Gasteiger partial charge on any atom is -0.480 e. The number of carboxylic acid groups (broad SMARTS) is 1. The molecule has 0 unspecified atom stereocenters. The highest BCUT2D eigenvalue weighted by molar-refractivity contribution is 7.27. The first-order chi connectivity index (χ1) is 8.81. The minimum absolute atomic E-state index is 0.918. The van der Waals surface area contributed by atoms with Crippen molar-refractivity contribution in [2.75, 3.05) is 28.4 Å². The number of hydrogen-bond donors (Lipinski definition) is 2. The largest absolute Gasteiger partial charge is 0.480 e. The van der Waals surface area contributed by atoms with Gasteiger partial charge in [0.05, 0.1) is 0 Å². The Kier molecular flexibility index (Phi) is 6.57. The van der Waals surface area contributed by atoms with Gasteiger partial charge in [-0.2, -0.15) is 0 Å². The first-order valence-corrected chi connectivity index (χ1v) is 6.35. The molecule has 0 aromatic rings. The van der Waals surface area contributed by atoms with Gasteiger partial charge in [0.15, 0.2) is 0 Å². The van der Waals surface area contributed by atoms with Crippen molar-refractivity contribution in [3.05, 3.63) is 0 Å². The third kappa shape index (κ3) is 2.43.